The van der Waals surface area contributed by atoms with Gasteiger partial charge in [-0.15, -0.1) is 24.0 Å². The van der Waals surface area contributed by atoms with Crippen molar-refractivity contribution in [3.63, 3.8) is 0 Å². The van der Waals surface area contributed by atoms with Crippen LogP contribution in [0.3, 0.4) is 0 Å². The van der Waals surface area contributed by atoms with Crippen molar-refractivity contribution in [3.8, 4) is 0 Å². The molecule has 6 nitrogen and oxygen atoms in total. The highest BCUT2D eigenvalue weighted by molar-refractivity contribution is 14.0. The molecule has 0 saturated carbocycles. The molecule has 0 bridgehead atoms. The Bertz CT molecular complexity index is 614. The van der Waals surface area contributed by atoms with E-state index in [4.69, 9.17) is 16.6 Å². The van der Waals surface area contributed by atoms with Crippen LogP contribution in [0.15, 0.2) is 23.3 Å². The zero-order valence-electron chi connectivity index (χ0n) is 16.3. The summed E-state index contributed by atoms with van der Waals surface area (Å²) in [5.74, 6) is 2.47. The monoisotopic (exact) mass is 506 g/mol. The van der Waals surface area contributed by atoms with Gasteiger partial charge in [0.15, 0.2) is 5.96 Å². The summed E-state index contributed by atoms with van der Waals surface area (Å²) in [5, 5.41) is 7.71. The summed E-state index contributed by atoms with van der Waals surface area (Å²) in [7, 11) is 2.20. The van der Waals surface area contributed by atoms with Crippen LogP contribution in [0.5, 0.6) is 0 Å². The highest BCUT2D eigenvalue weighted by Gasteiger charge is 2.25. The standard InChI is InChI=1S/C19H31ClN6.HI/c1-3-21-19(23-12-15-6-5-10-25(2)13-15)24-16-8-11-26(14-16)18-17(20)7-4-9-22-18;/h4,7,9,15-16H,3,5-6,8,10-14H2,1-2H3,(H2,21,23,24);1H. The molecular weight excluding hydrogens is 475 g/mol. The maximum Gasteiger partial charge on any atom is 0.191 e. The number of piperidine rings is 1. The van der Waals surface area contributed by atoms with Gasteiger partial charge in [-0.3, -0.25) is 4.99 Å². The summed E-state index contributed by atoms with van der Waals surface area (Å²) in [6.45, 7) is 8.10. The number of guanidine groups is 1. The molecule has 3 heterocycles. The Labute approximate surface area is 185 Å². The van der Waals surface area contributed by atoms with Crippen LogP contribution in [-0.2, 0) is 0 Å². The van der Waals surface area contributed by atoms with Crippen LogP contribution >= 0.6 is 35.6 Å². The quantitative estimate of drug-likeness (QED) is 0.365. The Morgan fingerprint density at radius 2 is 2.19 bits per heavy atom. The summed E-state index contributed by atoms with van der Waals surface area (Å²) in [4.78, 5) is 14.0. The highest BCUT2D eigenvalue weighted by Crippen LogP contribution is 2.25. The molecule has 2 saturated heterocycles. The highest BCUT2D eigenvalue weighted by atomic mass is 127. The Balaban J connectivity index is 0.00000261. The predicted octanol–water partition coefficient (Wildman–Crippen LogP) is 2.83. The van der Waals surface area contributed by atoms with Crippen molar-refractivity contribution in [1.82, 2.24) is 20.5 Å². The predicted molar refractivity (Wildman–Crippen MR) is 125 cm³/mol. The number of aromatic nitrogens is 1. The van der Waals surface area contributed by atoms with Gasteiger partial charge in [-0.05, 0) is 57.8 Å². The van der Waals surface area contributed by atoms with E-state index in [1.165, 1.54) is 19.4 Å². The number of hydrogen-bond donors (Lipinski definition) is 2. The molecule has 0 spiro atoms. The molecule has 2 aliphatic rings. The number of hydrogen-bond acceptors (Lipinski definition) is 4. The Morgan fingerprint density at radius 3 is 2.93 bits per heavy atom. The van der Waals surface area contributed by atoms with E-state index < -0.39 is 0 Å². The molecule has 0 aliphatic carbocycles. The van der Waals surface area contributed by atoms with Gasteiger partial charge >= 0.3 is 0 Å². The number of aliphatic imine (C=N–C) groups is 1. The first kappa shape index (κ1) is 22.5. The second-order valence-corrected chi connectivity index (χ2v) is 7.78. The Hall–Kier alpha value is -0.800. The largest absolute Gasteiger partial charge is 0.357 e. The molecule has 0 aromatic carbocycles. The number of nitrogens with zero attached hydrogens (tertiary/aromatic N) is 4. The molecule has 1 aromatic rings. The number of pyridine rings is 1. The molecule has 2 fully saturated rings. The second kappa shape index (κ2) is 11.3. The lowest BCUT2D eigenvalue weighted by Crippen LogP contribution is -2.45. The van der Waals surface area contributed by atoms with E-state index in [1.807, 2.05) is 12.1 Å². The summed E-state index contributed by atoms with van der Waals surface area (Å²) in [5.41, 5.74) is 0. The lowest BCUT2D eigenvalue weighted by molar-refractivity contribution is 0.214. The van der Waals surface area contributed by atoms with Crippen LogP contribution in [0.25, 0.3) is 0 Å². The van der Waals surface area contributed by atoms with Crippen molar-refractivity contribution in [1.29, 1.82) is 0 Å². The number of rotatable bonds is 5. The van der Waals surface area contributed by atoms with Gasteiger partial charge in [-0.25, -0.2) is 4.98 Å². The van der Waals surface area contributed by atoms with Gasteiger partial charge < -0.3 is 20.4 Å². The van der Waals surface area contributed by atoms with Crippen LogP contribution in [0, 0.1) is 5.92 Å². The van der Waals surface area contributed by atoms with Gasteiger partial charge in [0.05, 0.1) is 5.02 Å². The number of anilines is 1. The molecule has 0 radical (unpaired) electrons. The smallest absolute Gasteiger partial charge is 0.191 e. The first-order valence-corrected chi connectivity index (χ1v) is 10.1. The minimum atomic E-state index is 0. The molecule has 152 valence electrons. The molecule has 2 atom stereocenters. The number of likely N-dealkylation sites (tertiary alicyclic amines) is 1. The first-order chi connectivity index (χ1) is 12.7. The van der Waals surface area contributed by atoms with Crippen molar-refractivity contribution in [2.75, 3.05) is 51.2 Å². The lowest BCUT2D eigenvalue weighted by atomic mass is 9.99. The molecule has 8 heteroatoms. The molecule has 2 N–H and O–H groups in total. The zero-order chi connectivity index (χ0) is 18.4. The SMILES string of the molecule is CCNC(=NCC1CCCN(C)C1)NC1CCN(c2ncccc2Cl)C1.I. The molecule has 0 amide bonds. The van der Waals surface area contributed by atoms with Crippen molar-refractivity contribution in [3.05, 3.63) is 23.4 Å². The van der Waals surface area contributed by atoms with Crippen molar-refractivity contribution in [2.45, 2.75) is 32.2 Å². The number of halogens is 2. The summed E-state index contributed by atoms with van der Waals surface area (Å²) < 4.78 is 0. The normalized spacial score (nSPS) is 23.8. The molecule has 2 aliphatic heterocycles. The van der Waals surface area contributed by atoms with Gasteiger partial charge in [-0.2, -0.15) is 0 Å². The lowest BCUT2D eigenvalue weighted by Gasteiger charge is -2.29. The number of nitrogens with one attached hydrogen (secondary N) is 2. The van der Waals surface area contributed by atoms with Gasteiger partial charge in [0.2, 0.25) is 0 Å². The van der Waals surface area contributed by atoms with Gasteiger partial charge in [0, 0.05) is 45.0 Å². The maximum atomic E-state index is 6.29. The van der Waals surface area contributed by atoms with E-state index in [9.17, 15) is 0 Å². The second-order valence-electron chi connectivity index (χ2n) is 7.37. The van der Waals surface area contributed by atoms with E-state index in [0.29, 0.717) is 12.0 Å². The third kappa shape index (κ3) is 6.64. The Kier molecular flexibility index (Phi) is 9.38. The first-order valence-electron chi connectivity index (χ1n) is 9.74. The topological polar surface area (TPSA) is 55.8 Å². The molecule has 2 unspecified atom stereocenters. The minimum Gasteiger partial charge on any atom is -0.357 e. The van der Waals surface area contributed by atoms with Gasteiger partial charge in [0.1, 0.15) is 5.82 Å². The molecule has 27 heavy (non-hydrogen) atoms. The van der Waals surface area contributed by atoms with E-state index in [1.54, 1.807) is 6.20 Å². The van der Waals surface area contributed by atoms with Crippen LogP contribution in [0.4, 0.5) is 5.82 Å². The van der Waals surface area contributed by atoms with E-state index >= 15 is 0 Å². The van der Waals surface area contributed by atoms with Crippen LogP contribution in [0.2, 0.25) is 5.02 Å². The van der Waals surface area contributed by atoms with Crippen LogP contribution in [-0.4, -0.2) is 68.2 Å². The van der Waals surface area contributed by atoms with E-state index in [0.717, 1.165) is 55.9 Å². The fourth-order valence-electron chi connectivity index (χ4n) is 3.84. The Morgan fingerprint density at radius 1 is 1.33 bits per heavy atom. The average Bonchev–Trinajstić information content (AvgIpc) is 3.09. The minimum absolute atomic E-state index is 0. The fraction of sp³-hybridized carbons (Fsp3) is 0.684. The van der Waals surface area contributed by atoms with Crippen LogP contribution in [0.1, 0.15) is 26.2 Å². The third-order valence-corrected chi connectivity index (χ3v) is 5.44. The third-order valence-electron chi connectivity index (χ3n) is 5.14. The summed E-state index contributed by atoms with van der Waals surface area (Å²) in [6, 6.07) is 4.13. The van der Waals surface area contributed by atoms with Gasteiger partial charge in [-0.1, -0.05) is 11.6 Å². The van der Waals surface area contributed by atoms with Crippen molar-refractivity contribution in [2.24, 2.45) is 10.9 Å². The molecular formula is C19H32ClIN6. The maximum absolute atomic E-state index is 6.29. The summed E-state index contributed by atoms with van der Waals surface area (Å²) >= 11 is 6.29. The van der Waals surface area contributed by atoms with Crippen molar-refractivity contribution < 1.29 is 0 Å². The van der Waals surface area contributed by atoms with E-state index in [2.05, 4.69) is 39.4 Å². The van der Waals surface area contributed by atoms with Crippen molar-refractivity contribution >= 4 is 47.4 Å². The van der Waals surface area contributed by atoms with Crippen LogP contribution < -0.4 is 15.5 Å². The molecule has 3 rings (SSSR count). The van der Waals surface area contributed by atoms with E-state index in [-0.39, 0.29) is 24.0 Å². The van der Waals surface area contributed by atoms with Gasteiger partial charge in [0.25, 0.3) is 0 Å². The average molecular weight is 507 g/mol. The fourth-order valence-corrected chi connectivity index (χ4v) is 4.08. The summed E-state index contributed by atoms with van der Waals surface area (Å²) in [6.07, 6.45) is 5.42. The zero-order valence-corrected chi connectivity index (χ0v) is 19.4. The molecule has 1 aromatic heterocycles.